The van der Waals surface area contributed by atoms with Gasteiger partial charge in [0.2, 0.25) is 0 Å². The maximum Gasteiger partial charge on any atom is 0.164 e. The van der Waals surface area contributed by atoms with Gasteiger partial charge in [0, 0.05) is 17.1 Å². The molecule has 0 bridgehead atoms. The van der Waals surface area contributed by atoms with Crippen LogP contribution in [0, 0.1) is 12.8 Å². The van der Waals surface area contributed by atoms with E-state index in [1.165, 1.54) is 0 Å². The van der Waals surface area contributed by atoms with E-state index >= 15 is 0 Å². The maximum atomic E-state index is 6.03. The molecule has 90 valence electrons. The van der Waals surface area contributed by atoms with Crippen LogP contribution in [-0.4, -0.2) is 14.8 Å². The summed E-state index contributed by atoms with van der Waals surface area (Å²) in [6.45, 7) is 7.32. The Morgan fingerprint density at radius 2 is 2.12 bits per heavy atom. The van der Waals surface area contributed by atoms with Crippen molar-refractivity contribution >= 4 is 11.6 Å². The van der Waals surface area contributed by atoms with E-state index in [0.29, 0.717) is 5.92 Å². The molecule has 2 rings (SSSR count). The van der Waals surface area contributed by atoms with E-state index in [0.717, 1.165) is 28.5 Å². The molecule has 0 spiro atoms. The number of hydrogen-bond acceptors (Lipinski definition) is 2. The van der Waals surface area contributed by atoms with Gasteiger partial charge in [0.25, 0.3) is 0 Å². The summed E-state index contributed by atoms with van der Waals surface area (Å²) >= 11 is 6.03. The zero-order valence-corrected chi connectivity index (χ0v) is 11.1. The highest BCUT2D eigenvalue weighted by atomic mass is 35.5. The van der Waals surface area contributed by atoms with Gasteiger partial charge in [-0.05, 0) is 30.5 Å². The van der Waals surface area contributed by atoms with Crippen molar-refractivity contribution < 1.29 is 0 Å². The van der Waals surface area contributed by atoms with E-state index in [1.54, 1.807) is 6.33 Å². The van der Waals surface area contributed by atoms with Crippen LogP contribution in [0.2, 0.25) is 5.02 Å². The second kappa shape index (κ2) is 4.88. The van der Waals surface area contributed by atoms with Gasteiger partial charge in [0.05, 0.1) is 0 Å². The molecule has 3 nitrogen and oxygen atoms in total. The second-order valence-corrected chi connectivity index (χ2v) is 5.10. The van der Waals surface area contributed by atoms with Gasteiger partial charge in [-0.25, -0.2) is 0 Å². The van der Waals surface area contributed by atoms with Crippen LogP contribution in [-0.2, 0) is 6.54 Å². The molecular formula is C13H16ClN3. The van der Waals surface area contributed by atoms with Crippen molar-refractivity contribution in [2.75, 3.05) is 0 Å². The first-order valence-corrected chi connectivity index (χ1v) is 6.10. The van der Waals surface area contributed by atoms with Crippen LogP contribution in [0.4, 0.5) is 0 Å². The monoisotopic (exact) mass is 249 g/mol. The fourth-order valence-corrected chi connectivity index (χ4v) is 2.00. The van der Waals surface area contributed by atoms with Gasteiger partial charge in [0.15, 0.2) is 5.82 Å². The van der Waals surface area contributed by atoms with Crippen molar-refractivity contribution in [3.05, 3.63) is 35.1 Å². The number of rotatable bonds is 3. The van der Waals surface area contributed by atoms with E-state index in [2.05, 4.69) is 35.5 Å². The quantitative estimate of drug-likeness (QED) is 0.833. The van der Waals surface area contributed by atoms with E-state index in [9.17, 15) is 0 Å². The molecule has 0 aliphatic carbocycles. The largest absolute Gasteiger partial charge is 0.313 e. The van der Waals surface area contributed by atoms with Gasteiger partial charge in [0.1, 0.15) is 6.33 Å². The number of halogens is 1. The molecule has 4 heteroatoms. The van der Waals surface area contributed by atoms with Crippen molar-refractivity contribution in [3.8, 4) is 11.4 Å². The minimum atomic E-state index is 0.559. The summed E-state index contributed by atoms with van der Waals surface area (Å²) < 4.78 is 2.07. The Morgan fingerprint density at radius 3 is 2.82 bits per heavy atom. The highest BCUT2D eigenvalue weighted by molar-refractivity contribution is 6.30. The minimum Gasteiger partial charge on any atom is -0.313 e. The zero-order chi connectivity index (χ0) is 12.4. The fourth-order valence-electron chi connectivity index (χ4n) is 1.83. The van der Waals surface area contributed by atoms with E-state index in [4.69, 9.17) is 11.6 Å². The number of aromatic nitrogens is 3. The molecule has 0 amide bonds. The molecular weight excluding hydrogens is 234 g/mol. The lowest BCUT2D eigenvalue weighted by atomic mass is 10.1. The van der Waals surface area contributed by atoms with Gasteiger partial charge >= 0.3 is 0 Å². The summed E-state index contributed by atoms with van der Waals surface area (Å²) in [7, 11) is 0. The Balaban J connectivity index is 2.45. The standard InChI is InChI=1S/C13H16ClN3/c1-9(2)7-17-8-15-16-13(17)12-6-11(14)5-4-10(12)3/h4-6,8-9H,7H2,1-3H3. The molecule has 0 fully saturated rings. The smallest absolute Gasteiger partial charge is 0.164 e. The van der Waals surface area contributed by atoms with Crippen LogP contribution in [0.1, 0.15) is 19.4 Å². The molecule has 1 aromatic heterocycles. The number of aryl methyl sites for hydroxylation is 1. The van der Waals surface area contributed by atoms with Crippen LogP contribution >= 0.6 is 11.6 Å². The van der Waals surface area contributed by atoms with Crippen molar-refractivity contribution in [2.24, 2.45) is 5.92 Å². The molecule has 0 radical (unpaired) electrons. The topological polar surface area (TPSA) is 30.7 Å². The Hall–Kier alpha value is -1.35. The average Bonchev–Trinajstić information content (AvgIpc) is 2.69. The maximum absolute atomic E-state index is 6.03. The molecule has 0 saturated carbocycles. The summed E-state index contributed by atoms with van der Waals surface area (Å²) in [6.07, 6.45) is 1.77. The molecule has 0 N–H and O–H groups in total. The summed E-state index contributed by atoms with van der Waals surface area (Å²) in [6, 6.07) is 5.84. The van der Waals surface area contributed by atoms with Gasteiger partial charge in [-0.15, -0.1) is 10.2 Å². The normalized spacial score (nSPS) is 11.1. The molecule has 0 aliphatic heterocycles. The lowest BCUT2D eigenvalue weighted by Gasteiger charge is -2.10. The lowest BCUT2D eigenvalue weighted by molar-refractivity contribution is 0.525. The molecule has 17 heavy (non-hydrogen) atoms. The average molecular weight is 250 g/mol. The first-order valence-electron chi connectivity index (χ1n) is 5.72. The Bertz CT molecular complexity index is 517. The zero-order valence-electron chi connectivity index (χ0n) is 10.3. The summed E-state index contributed by atoms with van der Waals surface area (Å²) in [5.41, 5.74) is 2.21. The van der Waals surface area contributed by atoms with Crippen LogP contribution < -0.4 is 0 Å². The Labute approximate surface area is 106 Å². The number of hydrogen-bond donors (Lipinski definition) is 0. The van der Waals surface area contributed by atoms with Crippen molar-refractivity contribution in [2.45, 2.75) is 27.3 Å². The third-order valence-corrected chi connectivity index (χ3v) is 2.85. The molecule has 1 aromatic carbocycles. The predicted molar refractivity (Wildman–Crippen MR) is 70.0 cm³/mol. The molecule has 0 atom stereocenters. The van der Waals surface area contributed by atoms with Gasteiger partial charge < -0.3 is 4.57 Å². The number of nitrogens with zero attached hydrogens (tertiary/aromatic N) is 3. The predicted octanol–water partition coefficient (Wildman–Crippen LogP) is 3.56. The van der Waals surface area contributed by atoms with Gasteiger partial charge in [-0.2, -0.15) is 0 Å². The van der Waals surface area contributed by atoms with Crippen LogP contribution in [0.5, 0.6) is 0 Å². The summed E-state index contributed by atoms with van der Waals surface area (Å²) in [5.74, 6) is 1.45. The third-order valence-electron chi connectivity index (χ3n) is 2.62. The first-order chi connectivity index (χ1) is 8.08. The first kappa shape index (κ1) is 12.1. The van der Waals surface area contributed by atoms with E-state index in [1.807, 2.05) is 18.2 Å². The molecule has 2 aromatic rings. The van der Waals surface area contributed by atoms with Gasteiger partial charge in [-0.3, -0.25) is 0 Å². The van der Waals surface area contributed by atoms with Crippen molar-refractivity contribution in [3.63, 3.8) is 0 Å². The second-order valence-electron chi connectivity index (χ2n) is 4.66. The van der Waals surface area contributed by atoms with Crippen molar-refractivity contribution in [1.29, 1.82) is 0 Å². The summed E-state index contributed by atoms with van der Waals surface area (Å²) in [5, 5.41) is 8.91. The third kappa shape index (κ3) is 2.67. The SMILES string of the molecule is Cc1ccc(Cl)cc1-c1nncn1CC(C)C. The Kier molecular flexibility index (Phi) is 3.48. The highest BCUT2D eigenvalue weighted by Crippen LogP contribution is 2.25. The van der Waals surface area contributed by atoms with Crippen LogP contribution in [0.15, 0.2) is 24.5 Å². The van der Waals surface area contributed by atoms with Crippen molar-refractivity contribution in [1.82, 2.24) is 14.8 Å². The highest BCUT2D eigenvalue weighted by Gasteiger charge is 2.11. The minimum absolute atomic E-state index is 0.559. The van der Waals surface area contributed by atoms with E-state index < -0.39 is 0 Å². The molecule has 1 heterocycles. The Morgan fingerprint density at radius 1 is 1.35 bits per heavy atom. The molecule has 0 saturated heterocycles. The molecule has 0 aliphatic rings. The summed E-state index contributed by atoms with van der Waals surface area (Å²) in [4.78, 5) is 0. The van der Waals surface area contributed by atoms with Gasteiger partial charge in [-0.1, -0.05) is 31.5 Å². The lowest BCUT2D eigenvalue weighted by Crippen LogP contribution is -2.05. The number of benzene rings is 1. The molecule has 0 unspecified atom stereocenters. The van der Waals surface area contributed by atoms with Crippen LogP contribution in [0.3, 0.4) is 0 Å². The van der Waals surface area contributed by atoms with E-state index in [-0.39, 0.29) is 0 Å². The fraction of sp³-hybridized carbons (Fsp3) is 0.385. The van der Waals surface area contributed by atoms with Crippen LogP contribution in [0.25, 0.3) is 11.4 Å².